The second-order valence-electron chi connectivity index (χ2n) is 6.40. The maximum atomic E-state index is 5.64. The van der Waals surface area contributed by atoms with Crippen LogP contribution in [0.4, 0.5) is 5.82 Å². The van der Waals surface area contributed by atoms with Crippen LogP contribution < -0.4 is 9.64 Å². The molecule has 0 bridgehead atoms. The standard InChI is InChI=1S/C16H26N4O2/c1-13(2)22-16-10-17-9-15(18-16)20-4-3-14(12-20)11-19-5-7-21-8-6-19/h9-10,13-14H,3-8,11-12H2,1-2H3. The van der Waals surface area contributed by atoms with Crippen LogP contribution in [0.2, 0.25) is 0 Å². The summed E-state index contributed by atoms with van der Waals surface area (Å²) in [5, 5.41) is 0. The molecule has 0 radical (unpaired) electrons. The predicted molar refractivity (Wildman–Crippen MR) is 85.4 cm³/mol. The van der Waals surface area contributed by atoms with Crippen molar-refractivity contribution < 1.29 is 9.47 Å². The Morgan fingerprint density at radius 2 is 2.09 bits per heavy atom. The van der Waals surface area contributed by atoms with Gasteiger partial charge in [-0.2, -0.15) is 4.98 Å². The lowest BCUT2D eigenvalue weighted by Crippen LogP contribution is -2.39. The Balaban J connectivity index is 1.55. The van der Waals surface area contributed by atoms with Crippen molar-refractivity contribution in [3.8, 4) is 5.88 Å². The fourth-order valence-electron chi connectivity index (χ4n) is 3.13. The molecular weight excluding hydrogens is 280 g/mol. The van der Waals surface area contributed by atoms with Crippen LogP contribution in [0.3, 0.4) is 0 Å². The van der Waals surface area contributed by atoms with E-state index in [0.29, 0.717) is 11.8 Å². The highest BCUT2D eigenvalue weighted by molar-refractivity contribution is 5.38. The van der Waals surface area contributed by atoms with Crippen molar-refractivity contribution in [2.24, 2.45) is 5.92 Å². The molecule has 1 atom stereocenters. The van der Waals surface area contributed by atoms with Crippen molar-refractivity contribution in [1.29, 1.82) is 0 Å². The molecule has 0 amide bonds. The minimum Gasteiger partial charge on any atom is -0.474 e. The second kappa shape index (κ2) is 7.24. The molecule has 1 aromatic heterocycles. The number of anilines is 1. The van der Waals surface area contributed by atoms with E-state index in [1.54, 1.807) is 6.20 Å². The molecule has 122 valence electrons. The third kappa shape index (κ3) is 4.08. The molecule has 1 unspecified atom stereocenters. The first-order chi connectivity index (χ1) is 10.7. The van der Waals surface area contributed by atoms with Crippen LogP contribution in [-0.2, 0) is 4.74 Å². The lowest BCUT2D eigenvalue weighted by atomic mass is 10.1. The molecule has 2 aliphatic heterocycles. The minimum absolute atomic E-state index is 0.122. The molecule has 2 fully saturated rings. The predicted octanol–water partition coefficient (Wildman–Crippen LogP) is 1.42. The van der Waals surface area contributed by atoms with Crippen LogP contribution in [-0.4, -0.2) is 66.9 Å². The first-order valence-corrected chi connectivity index (χ1v) is 8.24. The summed E-state index contributed by atoms with van der Waals surface area (Å²) in [6, 6.07) is 0. The van der Waals surface area contributed by atoms with Gasteiger partial charge in [-0.25, -0.2) is 0 Å². The van der Waals surface area contributed by atoms with E-state index in [2.05, 4.69) is 19.8 Å². The summed E-state index contributed by atoms with van der Waals surface area (Å²) in [4.78, 5) is 13.7. The zero-order valence-electron chi connectivity index (χ0n) is 13.6. The molecule has 2 aliphatic rings. The van der Waals surface area contributed by atoms with Crippen molar-refractivity contribution in [3.63, 3.8) is 0 Å². The van der Waals surface area contributed by atoms with Gasteiger partial charge in [0.25, 0.3) is 0 Å². The molecule has 3 heterocycles. The Labute approximate surface area is 132 Å². The maximum Gasteiger partial charge on any atom is 0.234 e. The number of nitrogens with zero attached hydrogens (tertiary/aromatic N) is 4. The van der Waals surface area contributed by atoms with E-state index in [0.717, 1.165) is 51.8 Å². The second-order valence-corrected chi connectivity index (χ2v) is 6.40. The number of ether oxygens (including phenoxy) is 2. The Kier molecular flexibility index (Phi) is 5.10. The van der Waals surface area contributed by atoms with Crippen LogP contribution in [0.25, 0.3) is 0 Å². The van der Waals surface area contributed by atoms with Crippen molar-refractivity contribution in [1.82, 2.24) is 14.9 Å². The van der Waals surface area contributed by atoms with E-state index in [9.17, 15) is 0 Å². The van der Waals surface area contributed by atoms with Crippen LogP contribution in [0.15, 0.2) is 12.4 Å². The summed E-state index contributed by atoms with van der Waals surface area (Å²) in [6.07, 6.45) is 4.86. The smallest absolute Gasteiger partial charge is 0.234 e. The highest BCUT2D eigenvalue weighted by Gasteiger charge is 2.26. The summed E-state index contributed by atoms with van der Waals surface area (Å²) in [5.41, 5.74) is 0. The number of hydrogen-bond donors (Lipinski definition) is 0. The summed E-state index contributed by atoms with van der Waals surface area (Å²) < 4.78 is 11.1. The molecule has 0 aromatic carbocycles. The SMILES string of the molecule is CC(C)Oc1cncc(N2CCC(CN3CCOCC3)C2)n1. The molecule has 6 nitrogen and oxygen atoms in total. The van der Waals surface area contributed by atoms with E-state index >= 15 is 0 Å². The van der Waals surface area contributed by atoms with Crippen molar-refractivity contribution >= 4 is 5.82 Å². The van der Waals surface area contributed by atoms with Gasteiger partial charge in [-0.05, 0) is 26.2 Å². The third-order valence-corrected chi connectivity index (χ3v) is 4.19. The molecule has 0 spiro atoms. The zero-order chi connectivity index (χ0) is 15.4. The molecule has 22 heavy (non-hydrogen) atoms. The molecular formula is C16H26N4O2. The van der Waals surface area contributed by atoms with Gasteiger partial charge < -0.3 is 14.4 Å². The lowest BCUT2D eigenvalue weighted by Gasteiger charge is -2.29. The summed E-state index contributed by atoms with van der Waals surface area (Å²) in [6.45, 7) is 11.1. The molecule has 3 rings (SSSR count). The Bertz CT molecular complexity index is 477. The van der Waals surface area contributed by atoms with Crippen LogP contribution in [0.1, 0.15) is 20.3 Å². The van der Waals surface area contributed by atoms with Crippen LogP contribution >= 0.6 is 0 Å². The quantitative estimate of drug-likeness (QED) is 0.820. The highest BCUT2D eigenvalue weighted by Crippen LogP contribution is 2.24. The fraction of sp³-hybridized carbons (Fsp3) is 0.750. The first kappa shape index (κ1) is 15.5. The minimum atomic E-state index is 0.122. The Hall–Kier alpha value is -1.40. The molecule has 0 aliphatic carbocycles. The van der Waals surface area contributed by atoms with E-state index in [1.807, 2.05) is 20.0 Å². The summed E-state index contributed by atoms with van der Waals surface area (Å²) in [7, 11) is 0. The molecule has 2 saturated heterocycles. The van der Waals surface area contributed by atoms with Gasteiger partial charge in [-0.15, -0.1) is 0 Å². The normalized spacial score (nSPS) is 23.2. The van der Waals surface area contributed by atoms with Crippen molar-refractivity contribution in [3.05, 3.63) is 12.4 Å². The van der Waals surface area contributed by atoms with E-state index in [-0.39, 0.29) is 6.10 Å². The van der Waals surface area contributed by atoms with Gasteiger partial charge in [-0.3, -0.25) is 9.88 Å². The molecule has 0 N–H and O–H groups in total. The first-order valence-electron chi connectivity index (χ1n) is 8.24. The molecule has 1 aromatic rings. The molecule has 6 heteroatoms. The van der Waals surface area contributed by atoms with Crippen molar-refractivity contribution in [2.75, 3.05) is 50.8 Å². The third-order valence-electron chi connectivity index (χ3n) is 4.19. The van der Waals surface area contributed by atoms with Gasteiger partial charge in [0.15, 0.2) is 5.82 Å². The number of hydrogen-bond acceptors (Lipinski definition) is 6. The van der Waals surface area contributed by atoms with Gasteiger partial charge in [-0.1, -0.05) is 0 Å². The zero-order valence-corrected chi connectivity index (χ0v) is 13.6. The van der Waals surface area contributed by atoms with Crippen LogP contribution in [0.5, 0.6) is 5.88 Å². The van der Waals surface area contributed by atoms with Crippen LogP contribution in [0, 0.1) is 5.92 Å². The molecule has 0 saturated carbocycles. The largest absolute Gasteiger partial charge is 0.474 e. The highest BCUT2D eigenvalue weighted by atomic mass is 16.5. The lowest BCUT2D eigenvalue weighted by molar-refractivity contribution is 0.0320. The van der Waals surface area contributed by atoms with Crippen molar-refractivity contribution in [2.45, 2.75) is 26.4 Å². The van der Waals surface area contributed by atoms with Gasteiger partial charge in [0.2, 0.25) is 5.88 Å². The van der Waals surface area contributed by atoms with E-state index < -0.39 is 0 Å². The maximum absolute atomic E-state index is 5.64. The van der Waals surface area contributed by atoms with Gasteiger partial charge in [0.1, 0.15) is 0 Å². The average molecular weight is 306 g/mol. The van der Waals surface area contributed by atoms with E-state index in [4.69, 9.17) is 9.47 Å². The fourth-order valence-corrected chi connectivity index (χ4v) is 3.13. The van der Waals surface area contributed by atoms with E-state index in [1.165, 1.54) is 6.42 Å². The number of morpholine rings is 1. The van der Waals surface area contributed by atoms with Gasteiger partial charge in [0.05, 0.1) is 31.7 Å². The monoisotopic (exact) mass is 306 g/mol. The summed E-state index contributed by atoms with van der Waals surface area (Å²) in [5.74, 6) is 2.25. The summed E-state index contributed by atoms with van der Waals surface area (Å²) >= 11 is 0. The van der Waals surface area contributed by atoms with Gasteiger partial charge in [0, 0.05) is 32.7 Å². The number of rotatable bonds is 5. The van der Waals surface area contributed by atoms with Gasteiger partial charge >= 0.3 is 0 Å². The Morgan fingerprint density at radius 1 is 1.27 bits per heavy atom. The Morgan fingerprint density at radius 3 is 2.86 bits per heavy atom. The average Bonchev–Trinajstić information content (AvgIpc) is 2.96. The topological polar surface area (TPSA) is 50.7 Å². The number of aromatic nitrogens is 2.